The van der Waals surface area contributed by atoms with Crippen LogP contribution in [0.4, 0.5) is 11.9 Å². The van der Waals surface area contributed by atoms with E-state index in [-0.39, 0.29) is 0 Å². The van der Waals surface area contributed by atoms with Crippen LogP contribution in [0, 0.1) is 6.92 Å². The summed E-state index contributed by atoms with van der Waals surface area (Å²) in [4.78, 5) is 14.2. The molecule has 0 bridgehead atoms. The molecule has 0 aliphatic rings. The van der Waals surface area contributed by atoms with E-state index < -0.39 is 0 Å². The highest BCUT2D eigenvalue weighted by Gasteiger charge is 2.08. The normalized spacial score (nSPS) is 10.6. The molecule has 0 saturated carbocycles. The lowest BCUT2D eigenvalue weighted by Gasteiger charge is -2.08. The summed E-state index contributed by atoms with van der Waals surface area (Å²) in [6.45, 7) is 2.78. The van der Waals surface area contributed by atoms with Crippen molar-refractivity contribution < 1.29 is 0 Å². The van der Waals surface area contributed by atoms with Crippen LogP contribution >= 0.6 is 11.3 Å². The van der Waals surface area contributed by atoms with Gasteiger partial charge in [-0.05, 0) is 30.0 Å². The highest BCUT2D eigenvalue weighted by molar-refractivity contribution is 7.10. The molecule has 0 unspecified atom stereocenters. The van der Waals surface area contributed by atoms with Crippen LogP contribution in [0.15, 0.2) is 29.9 Å². The first-order valence-corrected chi connectivity index (χ1v) is 7.35. The van der Waals surface area contributed by atoms with Crippen LogP contribution in [-0.4, -0.2) is 31.8 Å². The Morgan fingerprint density at radius 3 is 2.76 bits per heavy atom. The number of anilines is 2. The molecule has 3 aromatic rings. The molecule has 7 nitrogen and oxygen atoms in total. The van der Waals surface area contributed by atoms with Gasteiger partial charge < -0.3 is 10.6 Å². The third-order valence-corrected chi connectivity index (χ3v) is 3.95. The summed E-state index contributed by atoms with van der Waals surface area (Å²) in [7, 11) is 1.77. The van der Waals surface area contributed by atoms with Crippen molar-refractivity contribution in [2.45, 2.75) is 13.5 Å². The van der Waals surface area contributed by atoms with Crippen LogP contribution in [0.2, 0.25) is 0 Å². The molecular weight excluding hydrogens is 286 g/mol. The fraction of sp³-hybridized carbons (Fsp3) is 0.231. The lowest BCUT2D eigenvalue weighted by molar-refractivity contribution is 0.797. The molecule has 0 aromatic carbocycles. The van der Waals surface area contributed by atoms with Gasteiger partial charge in [0.25, 0.3) is 5.95 Å². The first-order chi connectivity index (χ1) is 10.3. The Morgan fingerprint density at radius 2 is 2.10 bits per heavy atom. The smallest absolute Gasteiger partial charge is 0.257 e. The molecule has 0 radical (unpaired) electrons. The van der Waals surface area contributed by atoms with E-state index in [9.17, 15) is 0 Å². The molecule has 21 heavy (non-hydrogen) atoms. The highest BCUT2D eigenvalue weighted by Crippen LogP contribution is 2.17. The number of thiophene rings is 1. The van der Waals surface area contributed by atoms with Crippen LogP contribution in [-0.2, 0) is 6.54 Å². The van der Waals surface area contributed by atoms with Gasteiger partial charge in [0.05, 0.1) is 6.54 Å². The number of aryl methyl sites for hydroxylation is 1. The van der Waals surface area contributed by atoms with Crippen LogP contribution in [0.25, 0.3) is 5.95 Å². The van der Waals surface area contributed by atoms with Gasteiger partial charge in [0.1, 0.15) is 0 Å². The topological polar surface area (TPSA) is 80.5 Å². The Morgan fingerprint density at radius 1 is 1.24 bits per heavy atom. The van der Waals surface area contributed by atoms with Crippen molar-refractivity contribution in [3.05, 3.63) is 40.3 Å². The molecule has 2 N–H and O–H groups in total. The molecule has 108 valence electrons. The number of nitrogens with one attached hydrogen (secondary N) is 2. The molecule has 8 heteroatoms. The third-order valence-electron chi connectivity index (χ3n) is 2.93. The monoisotopic (exact) mass is 301 g/mol. The minimum atomic E-state index is 0.477. The van der Waals surface area contributed by atoms with E-state index in [4.69, 9.17) is 0 Å². The van der Waals surface area contributed by atoms with Crippen molar-refractivity contribution in [2.24, 2.45) is 0 Å². The van der Waals surface area contributed by atoms with Gasteiger partial charge in [-0.15, -0.1) is 11.3 Å². The average Bonchev–Trinajstić information content (AvgIpc) is 3.16. The zero-order valence-electron chi connectivity index (χ0n) is 11.7. The van der Waals surface area contributed by atoms with E-state index in [1.165, 1.54) is 10.4 Å². The maximum Gasteiger partial charge on any atom is 0.257 e. The van der Waals surface area contributed by atoms with Crippen molar-refractivity contribution in [3.63, 3.8) is 0 Å². The van der Waals surface area contributed by atoms with Gasteiger partial charge in [0.2, 0.25) is 11.9 Å². The quantitative estimate of drug-likeness (QED) is 0.751. The van der Waals surface area contributed by atoms with Gasteiger partial charge in [-0.1, -0.05) is 0 Å². The second kappa shape index (κ2) is 5.88. The Kier molecular flexibility index (Phi) is 3.78. The van der Waals surface area contributed by atoms with Crippen molar-refractivity contribution in [1.29, 1.82) is 0 Å². The van der Waals surface area contributed by atoms with E-state index in [2.05, 4.69) is 49.1 Å². The van der Waals surface area contributed by atoms with Crippen LogP contribution in [0.3, 0.4) is 0 Å². The van der Waals surface area contributed by atoms with E-state index >= 15 is 0 Å². The van der Waals surface area contributed by atoms with Gasteiger partial charge >= 0.3 is 0 Å². The summed E-state index contributed by atoms with van der Waals surface area (Å²) in [5.41, 5.74) is 1.27. The van der Waals surface area contributed by atoms with E-state index in [1.54, 1.807) is 35.5 Å². The van der Waals surface area contributed by atoms with Crippen molar-refractivity contribution in [3.8, 4) is 5.95 Å². The molecule has 0 aliphatic heterocycles. The Labute approximate surface area is 126 Å². The fourth-order valence-electron chi connectivity index (χ4n) is 1.79. The van der Waals surface area contributed by atoms with Crippen LogP contribution in [0.1, 0.15) is 10.4 Å². The number of aromatic nitrogens is 5. The second-order valence-electron chi connectivity index (χ2n) is 4.36. The number of rotatable bonds is 5. The largest absolute Gasteiger partial charge is 0.357 e. The first-order valence-electron chi connectivity index (χ1n) is 6.47. The molecule has 3 rings (SSSR count). The van der Waals surface area contributed by atoms with Gasteiger partial charge in [0.15, 0.2) is 0 Å². The van der Waals surface area contributed by atoms with E-state index in [0.29, 0.717) is 24.4 Å². The predicted molar refractivity (Wildman–Crippen MR) is 82.9 cm³/mol. The lowest BCUT2D eigenvalue weighted by Crippen LogP contribution is -2.11. The molecule has 0 amide bonds. The molecule has 3 heterocycles. The summed E-state index contributed by atoms with van der Waals surface area (Å²) in [5, 5.41) is 12.4. The summed E-state index contributed by atoms with van der Waals surface area (Å²) in [6.07, 6.45) is 3.48. The standard InChI is InChI=1S/C13H15N7S/c1-9-4-7-21-10(9)8-15-12-17-11(14-2)18-13(19-12)20-6-3-5-16-20/h3-7H,8H2,1-2H3,(H2,14,15,17,18,19). The van der Waals surface area contributed by atoms with E-state index in [0.717, 1.165) is 0 Å². The van der Waals surface area contributed by atoms with Gasteiger partial charge in [-0.3, -0.25) is 0 Å². The average molecular weight is 301 g/mol. The molecule has 0 saturated heterocycles. The van der Waals surface area contributed by atoms with Crippen molar-refractivity contribution in [2.75, 3.05) is 17.7 Å². The predicted octanol–water partition coefficient (Wildman–Crippen LogP) is 2.08. The summed E-state index contributed by atoms with van der Waals surface area (Å²) < 4.78 is 1.60. The second-order valence-corrected chi connectivity index (χ2v) is 5.36. The Balaban J connectivity index is 1.84. The Bertz CT molecular complexity index is 720. The van der Waals surface area contributed by atoms with Crippen molar-refractivity contribution >= 4 is 23.2 Å². The molecule has 0 aliphatic carbocycles. The summed E-state index contributed by atoms with van der Waals surface area (Å²) >= 11 is 1.71. The molecule has 0 fully saturated rings. The van der Waals surface area contributed by atoms with Crippen molar-refractivity contribution in [1.82, 2.24) is 24.7 Å². The summed E-state index contributed by atoms with van der Waals surface area (Å²) in [5.74, 6) is 1.50. The van der Waals surface area contributed by atoms with Gasteiger partial charge in [-0.2, -0.15) is 20.1 Å². The van der Waals surface area contributed by atoms with Crippen LogP contribution < -0.4 is 10.6 Å². The fourth-order valence-corrected chi connectivity index (χ4v) is 2.64. The summed E-state index contributed by atoms with van der Waals surface area (Å²) in [6, 6.07) is 3.92. The van der Waals surface area contributed by atoms with Crippen LogP contribution in [0.5, 0.6) is 0 Å². The first kappa shape index (κ1) is 13.5. The van der Waals surface area contributed by atoms with E-state index in [1.807, 2.05) is 6.07 Å². The zero-order valence-corrected chi connectivity index (χ0v) is 12.6. The molecule has 3 aromatic heterocycles. The zero-order chi connectivity index (χ0) is 14.7. The van der Waals surface area contributed by atoms with Gasteiger partial charge in [0, 0.05) is 24.3 Å². The number of hydrogen-bond donors (Lipinski definition) is 2. The minimum absolute atomic E-state index is 0.477. The molecule has 0 spiro atoms. The maximum absolute atomic E-state index is 4.38. The molecular formula is C13H15N7S. The maximum atomic E-state index is 4.38. The lowest BCUT2D eigenvalue weighted by atomic mass is 10.3. The third kappa shape index (κ3) is 3.00. The number of hydrogen-bond acceptors (Lipinski definition) is 7. The minimum Gasteiger partial charge on any atom is -0.357 e. The Hall–Kier alpha value is -2.48. The number of nitrogens with zero attached hydrogens (tertiary/aromatic N) is 5. The molecule has 0 atom stereocenters. The highest BCUT2D eigenvalue weighted by atomic mass is 32.1. The SMILES string of the molecule is CNc1nc(NCc2sccc2C)nc(-n2cccn2)n1. The van der Waals surface area contributed by atoms with Gasteiger partial charge in [-0.25, -0.2) is 4.68 Å².